The van der Waals surface area contributed by atoms with Crippen molar-refractivity contribution in [1.29, 1.82) is 0 Å². The van der Waals surface area contributed by atoms with Gasteiger partial charge in [0.1, 0.15) is 6.04 Å². The highest BCUT2D eigenvalue weighted by atomic mass is 16.3. The zero-order valence-corrected chi connectivity index (χ0v) is 13.9. The number of pyridine rings is 1. The summed E-state index contributed by atoms with van der Waals surface area (Å²) in [6.45, 7) is 0.678. The molecule has 1 aromatic carbocycles. The average Bonchev–Trinajstić information content (AvgIpc) is 2.66. The number of hydrogen-bond donors (Lipinski definition) is 2. The summed E-state index contributed by atoms with van der Waals surface area (Å²) in [5.74, 6) is -0.545. The SMILES string of the molecule is O=C(Cc1ccncc1)N[C@@H](CO)C(=O)N1CCc2ccccc2C1. The van der Waals surface area contributed by atoms with Gasteiger partial charge in [-0.1, -0.05) is 24.3 Å². The first-order valence-corrected chi connectivity index (χ1v) is 8.32. The quantitative estimate of drug-likeness (QED) is 0.839. The largest absolute Gasteiger partial charge is 0.394 e. The molecule has 2 aromatic rings. The number of fused-ring (bicyclic) bond motifs is 1. The molecular formula is C19H21N3O3. The first kappa shape index (κ1) is 17.1. The van der Waals surface area contributed by atoms with Gasteiger partial charge in [-0.2, -0.15) is 0 Å². The lowest BCUT2D eigenvalue weighted by atomic mass is 9.99. The number of hydrogen-bond acceptors (Lipinski definition) is 4. The highest BCUT2D eigenvalue weighted by Crippen LogP contribution is 2.19. The van der Waals surface area contributed by atoms with Crippen LogP contribution in [0.1, 0.15) is 16.7 Å². The summed E-state index contributed by atoms with van der Waals surface area (Å²) in [6, 6.07) is 10.6. The van der Waals surface area contributed by atoms with Gasteiger partial charge < -0.3 is 15.3 Å². The van der Waals surface area contributed by atoms with E-state index in [0.29, 0.717) is 13.1 Å². The van der Waals surface area contributed by atoms with Gasteiger partial charge >= 0.3 is 0 Å². The molecule has 25 heavy (non-hydrogen) atoms. The Balaban J connectivity index is 1.61. The lowest BCUT2D eigenvalue weighted by molar-refractivity contribution is -0.138. The standard InChI is InChI=1S/C19H21N3O3/c23-13-17(21-18(24)11-14-5-8-20-9-6-14)19(25)22-10-7-15-3-1-2-4-16(15)12-22/h1-6,8-9,17,23H,7,10-13H2,(H,21,24)/t17-/m0/s1. The third-order valence-corrected chi connectivity index (χ3v) is 4.37. The van der Waals surface area contributed by atoms with E-state index >= 15 is 0 Å². The fourth-order valence-electron chi connectivity index (χ4n) is 3.02. The van der Waals surface area contributed by atoms with E-state index in [4.69, 9.17) is 0 Å². The van der Waals surface area contributed by atoms with E-state index in [2.05, 4.69) is 16.4 Å². The Morgan fingerprint density at radius 2 is 1.88 bits per heavy atom. The maximum absolute atomic E-state index is 12.7. The summed E-state index contributed by atoms with van der Waals surface area (Å²) in [7, 11) is 0. The van der Waals surface area contributed by atoms with E-state index < -0.39 is 12.6 Å². The lowest BCUT2D eigenvalue weighted by Gasteiger charge is -2.31. The van der Waals surface area contributed by atoms with Crippen LogP contribution in [-0.4, -0.2) is 46.0 Å². The van der Waals surface area contributed by atoms with Crippen LogP contribution in [0.5, 0.6) is 0 Å². The molecule has 0 radical (unpaired) electrons. The molecule has 0 unspecified atom stereocenters. The number of carbonyl (C=O) groups is 2. The first-order chi connectivity index (χ1) is 12.2. The van der Waals surface area contributed by atoms with Gasteiger partial charge in [0, 0.05) is 25.5 Å². The van der Waals surface area contributed by atoms with E-state index in [1.807, 2.05) is 18.2 Å². The Morgan fingerprint density at radius 3 is 2.60 bits per heavy atom. The molecular weight excluding hydrogens is 318 g/mol. The van der Waals surface area contributed by atoms with Crippen LogP contribution >= 0.6 is 0 Å². The number of amides is 2. The molecule has 2 heterocycles. The van der Waals surface area contributed by atoms with Crippen molar-refractivity contribution in [3.63, 3.8) is 0 Å². The van der Waals surface area contributed by atoms with E-state index in [1.165, 1.54) is 5.56 Å². The predicted octanol–water partition coefficient (Wildman–Crippen LogP) is 0.686. The fraction of sp³-hybridized carbons (Fsp3) is 0.316. The van der Waals surface area contributed by atoms with Crippen LogP contribution in [0.2, 0.25) is 0 Å². The number of nitrogens with zero attached hydrogens (tertiary/aromatic N) is 2. The minimum atomic E-state index is -0.917. The Labute approximate surface area is 146 Å². The van der Waals surface area contributed by atoms with Gasteiger partial charge in [-0.25, -0.2) is 0 Å². The molecule has 0 spiro atoms. The molecule has 1 atom stereocenters. The Hall–Kier alpha value is -2.73. The van der Waals surface area contributed by atoms with Crippen LogP contribution in [0.25, 0.3) is 0 Å². The van der Waals surface area contributed by atoms with E-state index in [0.717, 1.165) is 17.5 Å². The zero-order valence-electron chi connectivity index (χ0n) is 13.9. The highest BCUT2D eigenvalue weighted by Gasteiger charge is 2.27. The van der Waals surface area contributed by atoms with Crippen molar-refractivity contribution in [2.45, 2.75) is 25.4 Å². The van der Waals surface area contributed by atoms with E-state index in [1.54, 1.807) is 29.4 Å². The average molecular weight is 339 g/mol. The molecule has 0 saturated carbocycles. The van der Waals surface area contributed by atoms with Crippen molar-refractivity contribution in [1.82, 2.24) is 15.2 Å². The van der Waals surface area contributed by atoms with Gasteiger partial charge in [0.05, 0.1) is 13.0 Å². The maximum Gasteiger partial charge on any atom is 0.247 e. The predicted molar refractivity (Wildman–Crippen MR) is 92.5 cm³/mol. The molecule has 130 valence electrons. The second-order valence-corrected chi connectivity index (χ2v) is 6.11. The lowest BCUT2D eigenvalue weighted by Crippen LogP contribution is -2.51. The van der Waals surface area contributed by atoms with Gasteiger partial charge in [0.2, 0.25) is 11.8 Å². The van der Waals surface area contributed by atoms with Crippen LogP contribution in [0.3, 0.4) is 0 Å². The molecule has 0 bridgehead atoms. The molecule has 1 aliphatic rings. The van der Waals surface area contributed by atoms with Crippen LogP contribution in [0.15, 0.2) is 48.8 Å². The molecule has 0 aliphatic carbocycles. The van der Waals surface area contributed by atoms with Crippen molar-refractivity contribution in [2.24, 2.45) is 0 Å². The molecule has 2 amide bonds. The number of nitrogens with one attached hydrogen (secondary N) is 1. The number of benzene rings is 1. The summed E-state index contributed by atoms with van der Waals surface area (Å²) in [5, 5.41) is 12.2. The summed E-state index contributed by atoms with van der Waals surface area (Å²) in [5.41, 5.74) is 3.17. The number of rotatable bonds is 5. The van der Waals surface area contributed by atoms with Gasteiger partial charge in [-0.3, -0.25) is 14.6 Å². The monoisotopic (exact) mass is 339 g/mol. The highest BCUT2D eigenvalue weighted by molar-refractivity contribution is 5.88. The van der Waals surface area contributed by atoms with Crippen molar-refractivity contribution in [3.8, 4) is 0 Å². The Kier molecular flexibility index (Phi) is 5.40. The van der Waals surface area contributed by atoms with Crippen LogP contribution < -0.4 is 5.32 Å². The van der Waals surface area contributed by atoms with Gasteiger partial charge in [-0.05, 0) is 35.2 Å². The molecule has 0 fully saturated rings. The number of aliphatic hydroxyl groups excluding tert-OH is 1. The smallest absolute Gasteiger partial charge is 0.247 e. The Morgan fingerprint density at radius 1 is 1.16 bits per heavy atom. The van der Waals surface area contributed by atoms with Crippen LogP contribution in [-0.2, 0) is 29.0 Å². The topological polar surface area (TPSA) is 82.5 Å². The van der Waals surface area contributed by atoms with E-state index in [-0.39, 0.29) is 18.2 Å². The third-order valence-electron chi connectivity index (χ3n) is 4.37. The molecule has 6 nitrogen and oxygen atoms in total. The molecule has 0 saturated heterocycles. The molecule has 6 heteroatoms. The zero-order chi connectivity index (χ0) is 17.6. The summed E-state index contributed by atoms with van der Waals surface area (Å²) >= 11 is 0. The third kappa shape index (κ3) is 4.22. The van der Waals surface area contributed by atoms with Gasteiger partial charge in [0.15, 0.2) is 0 Å². The minimum absolute atomic E-state index is 0.148. The summed E-state index contributed by atoms with van der Waals surface area (Å²) in [6.07, 6.45) is 4.16. The number of aliphatic hydroxyl groups is 1. The second-order valence-electron chi connectivity index (χ2n) is 6.11. The second kappa shape index (κ2) is 7.90. The normalized spacial score (nSPS) is 14.5. The van der Waals surface area contributed by atoms with Crippen molar-refractivity contribution >= 4 is 11.8 Å². The van der Waals surface area contributed by atoms with Crippen LogP contribution in [0, 0.1) is 0 Å². The maximum atomic E-state index is 12.7. The van der Waals surface area contributed by atoms with Crippen molar-refractivity contribution in [2.75, 3.05) is 13.2 Å². The van der Waals surface area contributed by atoms with E-state index in [9.17, 15) is 14.7 Å². The summed E-state index contributed by atoms with van der Waals surface area (Å²) in [4.78, 5) is 30.4. The number of carbonyl (C=O) groups excluding carboxylic acids is 2. The van der Waals surface area contributed by atoms with Crippen molar-refractivity contribution < 1.29 is 14.7 Å². The first-order valence-electron chi connectivity index (χ1n) is 8.32. The molecule has 2 N–H and O–H groups in total. The number of aromatic nitrogens is 1. The van der Waals surface area contributed by atoms with Crippen molar-refractivity contribution in [3.05, 3.63) is 65.5 Å². The Bertz CT molecular complexity index is 749. The van der Waals surface area contributed by atoms with Gasteiger partial charge in [-0.15, -0.1) is 0 Å². The summed E-state index contributed by atoms with van der Waals surface area (Å²) < 4.78 is 0. The molecule has 3 rings (SSSR count). The van der Waals surface area contributed by atoms with Crippen LogP contribution in [0.4, 0.5) is 0 Å². The van der Waals surface area contributed by atoms with Gasteiger partial charge in [0.25, 0.3) is 0 Å². The fourth-order valence-corrected chi connectivity index (χ4v) is 3.02. The molecule has 1 aliphatic heterocycles. The minimum Gasteiger partial charge on any atom is -0.394 e. The molecule has 1 aromatic heterocycles.